The average molecular weight is 326 g/mol. The topological polar surface area (TPSA) is 64.7 Å². The minimum atomic E-state index is -0.133. The van der Waals surface area contributed by atoms with Crippen LogP contribution in [0, 0.1) is 0 Å². The molecule has 0 aliphatic rings. The number of hydrogen-bond donors (Lipinski definition) is 1. The molecule has 0 aliphatic carbocycles. The van der Waals surface area contributed by atoms with E-state index in [1.165, 1.54) is 4.68 Å². The van der Waals surface area contributed by atoms with Crippen LogP contribution in [0.1, 0.15) is 25.5 Å². The highest BCUT2D eigenvalue weighted by Gasteiger charge is 2.10. The molecular formula is C12H16BrN5O. The number of nitrogens with zero attached hydrogens (tertiary/aromatic N) is 4. The molecule has 2 aromatic rings. The van der Waals surface area contributed by atoms with E-state index in [1.807, 2.05) is 27.1 Å². The van der Waals surface area contributed by atoms with Crippen LogP contribution in [-0.4, -0.2) is 19.6 Å². The quantitative estimate of drug-likeness (QED) is 0.932. The highest BCUT2D eigenvalue weighted by atomic mass is 79.9. The van der Waals surface area contributed by atoms with Crippen LogP contribution in [0.25, 0.3) is 0 Å². The van der Waals surface area contributed by atoms with E-state index in [4.69, 9.17) is 0 Å². The summed E-state index contributed by atoms with van der Waals surface area (Å²) in [7, 11) is 1.87. The van der Waals surface area contributed by atoms with Gasteiger partial charge in [-0.25, -0.2) is 4.68 Å². The molecule has 7 heteroatoms. The molecule has 0 fully saturated rings. The van der Waals surface area contributed by atoms with E-state index in [0.29, 0.717) is 16.7 Å². The van der Waals surface area contributed by atoms with Crippen molar-refractivity contribution in [3.05, 3.63) is 39.0 Å². The Morgan fingerprint density at radius 1 is 1.37 bits per heavy atom. The van der Waals surface area contributed by atoms with Crippen molar-refractivity contribution < 1.29 is 0 Å². The van der Waals surface area contributed by atoms with E-state index >= 15 is 0 Å². The van der Waals surface area contributed by atoms with Crippen molar-refractivity contribution in [1.29, 1.82) is 0 Å². The van der Waals surface area contributed by atoms with Crippen molar-refractivity contribution in [3.8, 4) is 0 Å². The van der Waals surface area contributed by atoms with Gasteiger partial charge in [0.25, 0.3) is 5.56 Å². The molecule has 1 N–H and O–H groups in total. The summed E-state index contributed by atoms with van der Waals surface area (Å²) in [5.41, 5.74) is 1.60. The van der Waals surface area contributed by atoms with Gasteiger partial charge in [-0.15, -0.1) is 0 Å². The summed E-state index contributed by atoms with van der Waals surface area (Å²) >= 11 is 3.32. The van der Waals surface area contributed by atoms with E-state index in [9.17, 15) is 4.79 Å². The Labute approximate surface area is 119 Å². The third-order valence-corrected chi connectivity index (χ3v) is 3.44. The van der Waals surface area contributed by atoms with Crippen LogP contribution in [-0.2, 0) is 13.6 Å². The molecule has 0 unspecified atom stereocenters. The molecule has 0 spiro atoms. The summed E-state index contributed by atoms with van der Waals surface area (Å²) in [4.78, 5) is 12.0. The zero-order valence-electron chi connectivity index (χ0n) is 11.1. The minimum absolute atomic E-state index is 0.0381. The summed E-state index contributed by atoms with van der Waals surface area (Å²) in [6, 6.07) is 0.0381. The lowest BCUT2D eigenvalue weighted by Crippen LogP contribution is -2.26. The Kier molecular flexibility index (Phi) is 4.04. The number of aryl methyl sites for hydroxylation is 1. The summed E-state index contributed by atoms with van der Waals surface area (Å²) in [6.07, 6.45) is 5.36. The highest BCUT2D eigenvalue weighted by molar-refractivity contribution is 9.10. The molecule has 0 bridgehead atoms. The third kappa shape index (κ3) is 3.04. The van der Waals surface area contributed by atoms with E-state index in [2.05, 4.69) is 31.4 Å². The van der Waals surface area contributed by atoms with E-state index in [0.717, 1.165) is 5.56 Å². The Hall–Kier alpha value is -1.63. The van der Waals surface area contributed by atoms with Crippen LogP contribution in [0.2, 0.25) is 0 Å². The van der Waals surface area contributed by atoms with Gasteiger partial charge in [-0.1, -0.05) is 0 Å². The van der Waals surface area contributed by atoms with Gasteiger partial charge in [0.1, 0.15) is 4.47 Å². The molecule has 0 atom stereocenters. The van der Waals surface area contributed by atoms with Crippen LogP contribution < -0.4 is 10.9 Å². The first kappa shape index (κ1) is 13.8. The second kappa shape index (κ2) is 5.56. The fourth-order valence-electron chi connectivity index (χ4n) is 1.70. The first-order valence-electron chi connectivity index (χ1n) is 5.97. The van der Waals surface area contributed by atoms with Crippen LogP contribution in [0.4, 0.5) is 5.69 Å². The second-order valence-corrected chi connectivity index (χ2v) is 5.38. The lowest BCUT2D eigenvalue weighted by Gasteiger charge is -2.11. The lowest BCUT2D eigenvalue weighted by atomic mass is 10.3. The van der Waals surface area contributed by atoms with E-state index in [1.54, 1.807) is 17.1 Å². The Morgan fingerprint density at radius 2 is 2.11 bits per heavy atom. The highest BCUT2D eigenvalue weighted by Crippen LogP contribution is 2.18. The van der Waals surface area contributed by atoms with Gasteiger partial charge in [-0.3, -0.25) is 9.48 Å². The summed E-state index contributed by atoms with van der Waals surface area (Å²) in [6.45, 7) is 4.44. The minimum Gasteiger partial charge on any atom is -0.378 e. The maximum absolute atomic E-state index is 12.0. The Balaban J connectivity index is 2.18. The number of rotatable bonds is 4. The molecule has 2 rings (SSSR count). The monoisotopic (exact) mass is 325 g/mol. The van der Waals surface area contributed by atoms with Crippen molar-refractivity contribution in [3.63, 3.8) is 0 Å². The molecular weight excluding hydrogens is 310 g/mol. The van der Waals surface area contributed by atoms with Crippen LogP contribution in [0.5, 0.6) is 0 Å². The van der Waals surface area contributed by atoms with Crippen molar-refractivity contribution >= 4 is 21.6 Å². The van der Waals surface area contributed by atoms with E-state index in [-0.39, 0.29) is 11.6 Å². The first-order chi connectivity index (χ1) is 8.99. The van der Waals surface area contributed by atoms with Crippen molar-refractivity contribution in [2.24, 2.45) is 7.05 Å². The van der Waals surface area contributed by atoms with Gasteiger partial charge in [0.15, 0.2) is 0 Å². The SMILES string of the molecule is CC(C)n1ncc(NCc2cnn(C)c2)c(Br)c1=O. The normalized spacial score (nSPS) is 11.0. The fraction of sp³-hybridized carbons (Fsp3) is 0.417. The standard InChI is InChI=1S/C12H16BrN5O/c1-8(2)18-12(19)11(13)10(6-16-18)14-4-9-5-15-17(3)7-9/h5-8,14H,4H2,1-3H3. The molecule has 2 heterocycles. The van der Waals surface area contributed by atoms with Crippen LogP contribution in [0.3, 0.4) is 0 Å². The molecule has 6 nitrogen and oxygen atoms in total. The second-order valence-electron chi connectivity index (χ2n) is 4.59. The van der Waals surface area contributed by atoms with E-state index < -0.39 is 0 Å². The molecule has 0 saturated heterocycles. The molecule has 0 amide bonds. The van der Waals surface area contributed by atoms with Crippen LogP contribution in [0.15, 0.2) is 27.9 Å². The Morgan fingerprint density at radius 3 is 2.68 bits per heavy atom. The van der Waals surface area contributed by atoms with Crippen LogP contribution >= 0.6 is 15.9 Å². The number of aromatic nitrogens is 4. The molecule has 0 aromatic carbocycles. The lowest BCUT2D eigenvalue weighted by molar-refractivity contribution is 0.501. The number of nitrogens with one attached hydrogen (secondary N) is 1. The Bertz CT molecular complexity index is 631. The molecule has 19 heavy (non-hydrogen) atoms. The molecule has 2 aromatic heterocycles. The molecule has 0 saturated carbocycles. The van der Waals surface area contributed by atoms with Gasteiger partial charge in [-0.2, -0.15) is 10.2 Å². The summed E-state index contributed by atoms with van der Waals surface area (Å²) < 4.78 is 3.68. The van der Waals surface area contributed by atoms with Crippen molar-refractivity contribution in [2.45, 2.75) is 26.4 Å². The predicted molar refractivity (Wildman–Crippen MR) is 77.1 cm³/mol. The molecule has 0 aliphatic heterocycles. The molecule has 102 valence electrons. The van der Waals surface area contributed by atoms with Gasteiger partial charge < -0.3 is 5.32 Å². The first-order valence-corrected chi connectivity index (χ1v) is 6.77. The van der Waals surface area contributed by atoms with Gasteiger partial charge in [0.05, 0.1) is 24.1 Å². The summed E-state index contributed by atoms with van der Waals surface area (Å²) in [5.74, 6) is 0. The zero-order chi connectivity index (χ0) is 14.0. The molecule has 0 radical (unpaired) electrons. The number of halogens is 1. The van der Waals surface area contributed by atoms with Gasteiger partial charge >= 0.3 is 0 Å². The smallest absolute Gasteiger partial charge is 0.283 e. The van der Waals surface area contributed by atoms with Gasteiger partial charge in [-0.05, 0) is 29.8 Å². The van der Waals surface area contributed by atoms with Gasteiger partial charge in [0, 0.05) is 25.4 Å². The number of anilines is 1. The predicted octanol–water partition coefficient (Wildman–Crippen LogP) is 1.93. The maximum Gasteiger partial charge on any atom is 0.283 e. The van der Waals surface area contributed by atoms with Crippen molar-refractivity contribution in [2.75, 3.05) is 5.32 Å². The summed E-state index contributed by atoms with van der Waals surface area (Å²) in [5, 5.41) is 11.4. The van der Waals surface area contributed by atoms with Gasteiger partial charge in [0.2, 0.25) is 0 Å². The van der Waals surface area contributed by atoms with Crippen molar-refractivity contribution in [1.82, 2.24) is 19.6 Å². The maximum atomic E-state index is 12.0. The largest absolute Gasteiger partial charge is 0.378 e. The third-order valence-electron chi connectivity index (χ3n) is 2.67. The fourth-order valence-corrected chi connectivity index (χ4v) is 2.12. The average Bonchev–Trinajstić information content (AvgIpc) is 2.76. The zero-order valence-corrected chi connectivity index (χ0v) is 12.7. The number of hydrogen-bond acceptors (Lipinski definition) is 4.